The highest BCUT2D eigenvalue weighted by molar-refractivity contribution is 5.69. The van der Waals surface area contributed by atoms with Crippen LogP contribution in [0.1, 0.15) is 71.1 Å². The maximum atomic E-state index is 10.9. The summed E-state index contributed by atoms with van der Waals surface area (Å²) in [5.74, 6) is -0.539. The van der Waals surface area contributed by atoms with Gasteiger partial charge in [0, 0.05) is 6.42 Å². The highest BCUT2D eigenvalue weighted by atomic mass is 16.7. The van der Waals surface area contributed by atoms with E-state index in [2.05, 4.69) is 11.7 Å². The molecular formula is C13H26O4. The average Bonchev–Trinajstić information content (AvgIpc) is 2.26. The van der Waals surface area contributed by atoms with Crippen molar-refractivity contribution < 1.29 is 19.7 Å². The van der Waals surface area contributed by atoms with Gasteiger partial charge in [0.2, 0.25) is 0 Å². The third-order valence-corrected chi connectivity index (χ3v) is 2.72. The van der Waals surface area contributed by atoms with E-state index in [4.69, 9.17) is 10.2 Å². The minimum Gasteiger partial charge on any atom is -0.411 e. The van der Waals surface area contributed by atoms with Gasteiger partial charge in [0.25, 0.3) is 0 Å². The molecular weight excluding hydrogens is 220 g/mol. The van der Waals surface area contributed by atoms with Crippen LogP contribution in [-0.2, 0) is 9.53 Å². The molecule has 102 valence electrons. The Hall–Kier alpha value is -0.610. The summed E-state index contributed by atoms with van der Waals surface area (Å²) < 4.78 is 4.19. The Morgan fingerprint density at radius 2 is 1.41 bits per heavy atom. The van der Waals surface area contributed by atoms with Gasteiger partial charge in [-0.1, -0.05) is 58.3 Å². The summed E-state index contributed by atoms with van der Waals surface area (Å²) in [5.41, 5.74) is 0. The van der Waals surface area contributed by atoms with Crippen molar-refractivity contribution in [3.8, 4) is 0 Å². The van der Waals surface area contributed by atoms with Gasteiger partial charge >= 0.3 is 12.4 Å². The first kappa shape index (κ1) is 16.4. The largest absolute Gasteiger partial charge is 0.411 e. The maximum absolute atomic E-state index is 10.9. The molecule has 17 heavy (non-hydrogen) atoms. The van der Waals surface area contributed by atoms with Crippen molar-refractivity contribution in [1.29, 1.82) is 0 Å². The molecule has 0 rings (SSSR count). The molecule has 4 nitrogen and oxygen atoms in total. The monoisotopic (exact) mass is 246 g/mol. The molecule has 0 aliphatic rings. The van der Waals surface area contributed by atoms with Gasteiger partial charge in [-0.3, -0.25) is 4.79 Å². The number of rotatable bonds is 11. The molecule has 4 heteroatoms. The van der Waals surface area contributed by atoms with E-state index in [-0.39, 0.29) is 6.42 Å². The fourth-order valence-corrected chi connectivity index (χ4v) is 1.76. The highest BCUT2D eigenvalue weighted by Gasteiger charge is 2.06. The zero-order valence-corrected chi connectivity index (χ0v) is 10.9. The van der Waals surface area contributed by atoms with Crippen molar-refractivity contribution in [1.82, 2.24) is 0 Å². The Labute approximate surface area is 104 Å². The lowest BCUT2D eigenvalue weighted by atomic mass is 10.1. The second kappa shape index (κ2) is 11.9. The zero-order chi connectivity index (χ0) is 12.9. The number of aliphatic hydroxyl groups is 2. The second-order valence-corrected chi connectivity index (χ2v) is 4.39. The van der Waals surface area contributed by atoms with Crippen LogP contribution in [-0.4, -0.2) is 22.7 Å². The molecule has 0 unspecified atom stereocenters. The fourth-order valence-electron chi connectivity index (χ4n) is 1.76. The van der Waals surface area contributed by atoms with Crippen molar-refractivity contribution in [2.45, 2.75) is 77.6 Å². The van der Waals surface area contributed by atoms with Gasteiger partial charge in [-0.25, -0.2) is 0 Å². The van der Waals surface area contributed by atoms with Crippen LogP contribution in [0.5, 0.6) is 0 Å². The van der Waals surface area contributed by atoms with E-state index in [0.29, 0.717) is 0 Å². The van der Waals surface area contributed by atoms with Crippen LogP contribution >= 0.6 is 0 Å². The lowest BCUT2D eigenvalue weighted by Crippen LogP contribution is -2.16. The molecule has 0 radical (unpaired) electrons. The quantitative estimate of drug-likeness (QED) is 0.334. The Kier molecular flexibility index (Phi) is 11.4. The molecule has 0 aromatic carbocycles. The predicted molar refractivity (Wildman–Crippen MR) is 66.2 cm³/mol. The summed E-state index contributed by atoms with van der Waals surface area (Å²) in [4.78, 5) is 10.9. The molecule has 0 saturated heterocycles. The van der Waals surface area contributed by atoms with Gasteiger partial charge in [-0.15, -0.1) is 0 Å². The van der Waals surface area contributed by atoms with Crippen molar-refractivity contribution in [2.24, 2.45) is 0 Å². The van der Waals surface area contributed by atoms with Gasteiger partial charge in [0.05, 0.1) is 0 Å². The molecule has 0 aromatic rings. The number of esters is 1. The summed E-state index contributed by atoms with van der Waals surface area (Å²) in [5, 5.41) is 16.8. The van der Waals surface area contributed by atoms with E-state index in [1.165, 1.54) is 38.5 Å². The molecule has 0 aliphatic carbocycles. The number of aliphatic hydroxyl groups excluding tert-OH is 1. The molecule has 2 N–H and O–H groups in total. The average molecular weight is 246 g/mol. The summed E-state index contributed by atoms with van der Waals surface area (Å²) in [6.07, 6.45) is 10.9. The SMILES string of the molecule is CCCCCCCCCCCC(=O)OC(O)O. The van der Waals surface area contributed by atoms with Crippen molar-refractivity contribution in [3.05, 3.63) is 0 Å². The first-order chi connectivity index (χ1) is 8.16. The topological polar surface area (TPSA) is 66.8 Å². The number of carbonyl (C=O) groups excluding carboxylic acids is 1. The number of hydrogen-bond acceptors (Lipinski definition) is 4. The molecule has 0 atom stereocenters. The lowest BCUT2D eigenvalue weighted by Gasteiger charge is -2.05. The molecule has 0 spiro atoms. The van der Waals surface area contributed by atoms with Crippen molar-refractivity contribution in [2.75, 3.05) is 0 Å². The summed E-state index contributed by atoms with van der Waals surface area (Å²) in [6.45, 7) is 0.239. The third kappa shape index (κ3) is 13.3. The van der Waals surface area contributed by atoms with Crippen molar-refractivity contribution >= 4 is 5.97 Å². The number of ether oxygens (including phenoxy) is 1. The fraction of sp³-hybridized carbons (Fsp3) is 0.923. The molecule has 0 aliphatic heterocycles. The second-order valence-electron chi connectivity index (χ2n) is 4.39. The van der Waals surface area contributed by atoms with E-state index < -0.39 is 12.4 Å². The summed E-state index contributed by atoms with van der Waals surface area (Å²) >= 11 is 0. The molecule has 0 heterocycles. The van der Waals surface area contributed by atoms with E-state index in [1.807, 2.05) is 0 Å². The Morgan fingerprint density at radius 1 is 0.941 bits per heavy atom. The minimum absolute atomic E-state index is 0.271. The molecule has 0 saturated carbocycles. The van der Waals surface area contributed by atoms with E-state index in [1.54, 1.807) is 0 Å². The van der Waals surface area contributed by atoms with Crippen LogP contribution in [0, 0.1) is 0 Å². The maximum Gasteiger partial charge on any atom is 0.313 e. The Bertz CT molecular complexity index is 180. The molecule has 0 bridgehead atoms. The summed E-state index contributed by atoms with van der Waals surface area (Å²) in [6, 6.07) is 0. The number of carbonyl (C=O) groups is 1. The molecule has 0 fully saturated rings. The zero-order valence-electron chi connectivity index (χ0n) is 10.9. The molecule has 0 amide bonds. The van der Waals surface area contributed by atoms with E-state index >= 15 is 0 Å². The van der Waals surface area contributed by atoms with Crippen LogP contribution in [0.3, 0.4) is 0 Å². The van der Waals surface area contributed by atoms with Gasteiger partial charge in [-0.2, -0.15) is 0 Å². The highest BCUT2D eigenvalue weighted by Crippen LogP contribution is 2.10. The van der Waals surface area contributed by atoms with Gasteiger partial charge in [0.1, 0.15) is 0 Å². The van der Waals surface area contributed by atoms with E-state index in [9.17, 15) is 4.79 Å². The van der Waals surface area contributed by atoms with Crippen molar-refractivity contribution in [3.63, 3.8) is 0 Å². The number of hydrogen-bond donors (Lipinski definition) is 2. The lowest BCUT2D eigenvalue weighted by molar-refractivity contribution is -0.229. The summed E-state index contributed by atoms with van der Waals surface area (Å²) in [7, 11) is 0. The first-order valence-corrected chi connectivity index (χ1v) is 6.72. The van der Waals surface area contributed by atoms with Crippen LogP contribution in [0.4, 0.5) is 0 Å². The first-order valence-electron chi connectivity index (χ1n) is 6.72. The van der Waals surface area contributed by atoms with Crippen LogP contribution in [0.2, 0.25) is 0 Å². The molecule has 0 aromatic heterocycles. The smallest absolute Gasteiger partial charge is 0.313 e. The van der Waals surface area contributed by atoms with E-state index in [0.717, 1.165) is 19.3 Å². The normalized spacial score (nSPS) is 10.8. The number of unbranched alkanes of at least 4 members (excludes halogenated alkanes) is 8. The Morgan fingerprint density at radius 3 is 1.88 bits per heavy atom. The predicted octanol–water partition coefficient (Wildman–Crippen LogP) is 2.72. The van der Waals surface area contributed by atoms with Crippen LogP contribution in [0.15, 0.2) is 0 Å². The van der Waals surface area contributed by atoms with Crippen LogP contribution in [0.25, 0.3) is 0 Å². The Balaban J connectivity index is 3.10. The minimum atomic E-state index is -1.97. The third-order valence-electron chi connectivity index (χ3n) is 2.72. The van der Waals surface area contributed by atoms with Crippen LogP contribution < -0.4 is 0 Å². The standard InChI is InChI=1S/C13H26O4/c1-2-3-4-5-6-7-8-9-10-11-12(14)17-13(15)16/h13,15-16H,2-11H2,1H3. The van der Waals surface area contributed by atoms with Gasteiger partial charge < -0.3 is 14.9 Å². The van der Waals surface area contributed by atoms with Gasteiger partial charge in [0.15, 0.2) is 0 Å². The van der Waals surface area contributed by atoms with Gasteiger partial charge in [-0.05, 0) is 6.42 Å².